The zero-order valence-electron chi connectivity index (χ0n) is 15.6. The second kappa shape index (κ2) is 8.37. The van der Waals surface area contributed by atoms with E-state index in [4.69, 9.17) is 0 Å². The minimum Gasteiger partial charge on any atom is -0.345 e. The third-order valence-electron chi connectivity index (χ3n) is 4.21. The smallest absolute Gasteiger partial charge is 0.281 e. The number of nitrogens with one attached hydrogen (secondary N) is 1. The van der Waals surface area contributed by atoms with Crippen molar-refractivity contribution in [3.05, 3.63) is 67.2 Å². The first-order valence-electron chi connectivity index (χ1n) is 8.62. The first-order valence-corrected chi connectivity index (χ1v) is 9.60. The molecule has 0 bridgehead atoms. The van der Waals surface area contributed by atoms with Crippen molar-refractivity contribution in [3.8, 4) is 0 Å². The Bertz CT molecular complexity index is 927. The van der Waals surface area contributed by atoms with E-state index >= 15 is 0 Å². The molecule has 0 spiro atoms. The largest absolute Gasteiger partial charge is 0.345 e. The molecule has 1 aliphatic rings. The summed E-state index contributed by atoms with van der Waals surface area (Å²) >= 11 is 1.58. The molecule has 0 aliphatic carbocycles. The first-order chi connectivity index (χ1) is 13.0. The second-order valence-electron chi connectivity index (χ2n) is 6.43. The minimum absolute atomic E-state index is 0.199. The van der Waals surface area contributed by atoms with Crippen molar-refractivity contribution in [2.45, 2.75) is 6.04 Å². The highest BCUT2D eigenvalue weighted by Gasteiger charge is 2.33. The van der Waals surface area contributed by atoms with Crippen molar-refractivity contribution in [2.24, 2.45) is 4.99 Å². The van der Waals surface area contributed by atoms with Crippen LogP contribution in [0, 0.1) is 0 Å². The number of allylic oxidation sites excluding steroid dienone is 3. The van der Waals surface area contributed by atoms with Gasteiger partial charge in [0, 0.05) is 35.8 Å². The number of thioether (sulfide) groups is 1. The number of fused-ring (bicyclic) bond motifs is 1. The lowest BCUT2D eigenvalue weighted by atomic mass is 10.2. The minimum atomic E-state index is -0.283. The van der Waals surface area contributed by atoms with Gasteiger partial charge in [-0.05, 0) is 38.4 Å². The number of likely N-dealkylation sites (N-methyl/N-ethyl adjacent to an activating group) is 1. The molecule has 27 heavy (non-hydrogen) atoms. The molecule has 1 unspecified atom stereocenters. The summed E-state index contributed by atoms with van der Waals surface area (Å²) in [6.07, 6.45) is 8.73. The van der Waals surface area contributed by atoms with E-state index in [1.54, 1.807) is 36.3 Å². The van der Waals surface area contributed by atoms with Crippen LogP contribution < -0.4 is 0 Å². The highest BCUT2D eigenvalue weighted by atomic mass is 32.2. The summed E-state index contributed by atoms with van der Waals surface area (Å²) in [6, 6.07) is 3.88. The lowest BCUT2D eigenvalue weighted by Gasteiger charge is -2.28. The Kier molecular flexibility index (Phi) is 5.93. The van der Waals surface area contributed by atoms with Gasteiger partial charge in [-0.15, -0.1) is 0 Å². The molecule has 1 amide bonds. The molecular weight excluding hydrogens is 358 g/mol. The number of hydrogen-bond acceptors (Lipinski definition) is 4. The zero-order chi connectivity index (χ0) is 19.4. The second-order valence-corrected chi connectivity index (χ2v) is 7.42. The van der Waals surface area contributed by atoms with Crippen molar-refractivity contribution < 1.29 is 4.79 Å². The summed E-state index contributed by atoms with van der Waals surface area (Å²) < 4.78 is 0. The van der Waals surface area contributed by atoms with Crippen LogP contribution in [0.2, 0.25) is 0 Å². The molecule has 1 saturated heterocycles. The van der Waals surface area contributed by atoms with Gasteiger partial charge in [0.1, 0.15) is 5.65 Å². The molecule has 1 atom stereocenters. The fraction of sp³-hybridized carbons (Fsp3) is 0.250. The zero-order valence-corrected chi connectivity index (χ0v) is 16.4. The molecule has 3 heterocycles. The Balaban J connectivity index is 1.97. The molecule has 3 rings (SSSR count). The number of H-pyrrole nitrogens is 1. The monoisotopic (exact) mass is 381 g/mol. The number of aliphatic imine (C=N–C) groups is 1. The standard InChI is InChI=1S/C20H23N5OS/c1-5-8-14(6-2)25-15(12-24(3)4)13-27-20(25)23-19(26)17-11-22-18-16(17)9-7-10-21-18/h5-11,15H,1-2,12-13H2,3-4H3,(H,21,22)/b14-8+,23-20?. The van der Waals surface area contributed by atoms with Crippen LogP contribution in [0.3, 0.4) is 0 Å². The Hall–Kier alpha value is -2.64. The molecule has 7 heteroatoms. The maximum atomic E-state index is 12.9. The molecule has 140 valence electrons. The number of nitrogens with zero attached hydrogens (tertiary/aromatic N) is 4. The molecule has 2 aromatic heterocycles. The van der Waals surface area contributed by atoms with Gasteiger partial charge in [-0.1, -0.05) is 31.0 Å². The fourth-order valence-corrected chi connectivity index (χ4v) is 4.22. The highest BCUT2D eigenvalue weighted by Crippen LogP contribution is 2.30. The number of aromatic nitrogens is 2. The normalized spacial score (nSPS) is 19.2. The van der Waals surface area contributed by atoms with Crippen molar-refractivity contribution in [1.82, 2.24) is 19.8 Å². The van der Waals surface area contributed by atoms with E-state index in [-0.39, 0.29) is 11.9 Å². The van der Waals surface area contributed by atoms with Crippen molar-refractivity contribution in [3.63, 3.8) is 0 Å². The summed E-state index contributed by atoms with van der Waals surface area (Å²) in [6.45, 7) is 8.54. The van der Waals surface area contributed by atoms with Gasteiger partial charge in [-0.2, -0.15) is 4.99 Å². The van der Waals surface area contributed by atoms with Crippen molar-refractivity contribution in [1.29, 1.82) is 0 Å². The third-order valence-corrected chi connectivity index (χ3v) is 5.30. The molecule has 1 N–H and O–H groups in total. The van der Waals surface area contributed by atoms with Crippen LogP contribution in [0.5, 0.6) is 0 Å². The number of amidine groups is 1. The number of aromatic amines is 1. The van der Waals surface area contributed by atoms with Gasteiger partial charge in [0.2, 0.25) is 0 Å². The number of carbonyl (C=O) groups is 1. The molecule has 0 radical (unpaired) electrons. The van der Waals surface area contributed by atoms with E-state index in [0.717, 1.165) is 23.4 Å². The number of rotatable bonds is 6. The van der Waals surface area contributed by atoms with E-state index in [0.29, 0.717) is 16.4 Å². The molecule has 0 saturated carbocycles. The van der Waals surface area contributed by atoms with E-state index in [1.807, 2.05) is 32.3 Å². The SMILES string of the molecule is C=C/C=C(\C=C)N1C(=NC(=O)c2c[nH]c3ncccc23)SCC1CN(C)C. The van der Waals surface area contributed by atoms with Gasteiger partial charge >= 0.3 is 0 Å². The Morgan fingerprint density at radius 3 is 3.04 bits per heavy atom. The van der Waals surface area contributed by atoms with Gasteiger partial charge in [-0.3, -0.25) is 4.79 Å². The van der Waals surface area contributed by atoms with Gasteiger partial charge in [0.15, 0.2) is 5.17 Å². The van der Waals surface area contributed by atoms with Crippen LogP contribution in [0.25, 0.3) is 11.0 Å². The number of amides is 1. The van der Waals surface area contributed by atoms with Crippen LogP contribution >= 0.6 is 11.8 Å². The molecule has 2 aromatic rings. The number of hydrogen-bond donors (Lipinski definition) is 1. The van der Waals surface area contributed by atoms with Crippen LogP contribution in [0.15, 0.2) is 66.6 Å². The summed E-state index contributed by atoms with van der Waals surface area (Å²) in [5.74, 6) is 0.566. The average molecular weight is 382 g/mol. The average Bonchev–Trinajstić information content (AvgIpc) is 3.24. The van der Waals surface area contributed by atoms with Crippen molar-refractivity contribution in [2.75, 3.05) is 26.4 Å². The van der Waals surface area contributed by atoms with Gasteiger partial charge < -0.3 is 14.8 Å². The quantitative estimate of drug-likeness (QED) is 0.778. The van der Waals surface area contributed by atoms with E-state index in [9.17, 15) is 4.79 Å². The lowest BCUT2D eigenvalue weighted by Crippen LogP contribution is -2.40. The molecule has 6 nitrogen and oxygen atoms in total. The maximum absolute atomic E-state index is 12.9. The molecular formula is C20H23N5OS. The van der Waals surface area contributed by atoms with E-state index < -0.39 is 0 Å². The van der Waals surface area contributed by atoms with Gasteiger partial charge in [-0.25, -0.2) is 4.98 Å². The fourth-order valence-electron chi connectivity index (χ4n) is 3.08. The molecule has 1 fully saturated rings. The summed E-state index contributed by atoms with van der Waals surface area (Å²) in [5, 5.41) is 1.45. The number of pyridine rings is 1. The Morgan fingerprint density at radius 2 is 2.33 bits per heavy atom. The van der Waals surface area contributed by atoms with Crippen LogP contribution in [0.4, 0.5) is 0 Å². The van der Waals surface area contributed by atoms with Crippen LogP contribution in [-0.4, -0.2) is 63.3 Å². The number of carbonyl (C=O) groups excluding carboxylic acids is 1. The first kappa shape index (κ1) is 19.1. The van der Waals surface area contributed by atoms with Crippen molar-refractivity contribution >= 4 is 33.9 Å². The lowest BCUT2D eigenvalue weighted by molar-refractivity contribution is 0.100. The van der Waals surface area contributed by atoms with Gasteiger partial charge in [0.05, 0.1) is 11.6 Å². The molecule has 0 aromatic carbocycles. The summed E-state index contributed by atoms with van der Waals surface area (Å²) in [7, 11) is 4.07. The molecule has 1 aliphatic heterocycles. The van der Waals surface area contributed by atoms with E-state index in [2.05, 4.69) is 37.9 Å². The predicted molar refractivity (Wildman–Crippen MR) is 113 cm³/mol. The summed E-state index contributed by atoms with van der Waals surface area (Å²) in [5.41, 5.74) is 2.09. The summed E-state index contributed by atoms with van der Waals surface area (Å²) in [4.78, 5) is 28.8. The maximum Gasteiger partial charge on any atom is 0.281 e. The predicted octanol–water partition coefficient (Wildman–Crippen LogP) is 3.29. The van der Waals surface area contributed by atoms with E-state index in [1.165, 1.54) is 0 Å². The van der Waals surface area contributed by atoms with Gasteiger partial charge in [0.25, 0.3) is 5.91 Å². The van der Waals surface area contributed by atoms with Crippen LogP contribution in [0.1, 0.15) is 10.4 Å². The third kappa shape index (κ3) is 4.04. The Labute approximate surface area is 163 Å². The Morgan fingerprint density at radius 1 is 1.52 bits per heavy atom. The highest BCUT2D eigenvalue weighted by molar-refractivity contribution is 8.14. The topological polar surface area (TPSA) is 64.6 Å². The van der Waals surface area contributed by atoms with Crippen LogP contribution in [-0.2, 0) is 0 Å².